The Balaban J connectivity index is 2.09. The number of anilines is 1. The molecule has 1 aromatic carbocycles. The Hall–Kier alpha value is -2.47. The number of carbonyl (C=O) groups excluding carboxylic acids is 1. The van der Waals surface area contributed by atoms with Gasteiger partial charge in [-0.2, -0.15) is 0 Å². The van der Waals surface area contributed by atoms with Crippen molar-refractivity contribution in [3.8, 4) is 5.75 Å². The summed E-state index contributed by atoms with van der Waals surface area (Å²) < 4.78 is 5.88. The van der Waals surface area contributed by atoms with Gasteiger partial charge in [0, 0.05) is 5.56 Å². The van der Waals surface area contributed by atoms with Crippen LogP contribution >= 0.6 is 12.2 Å². The molecule has 2 rings (SSSR count). The molecule has 0 unspecified atom stereocenters. The number of unbranched alkanes of at least 4 members (excludes halogenated alkanes) is 1. The average Bonchev–Trinajstić information content (AvgIpc) is 2.63. The summed E-state index contributed by atoms with van der Waals surface area (Å²) in [6, 6.07) is 8.94. The number of ether oxygens (including phenoxy) is 1. The van der Waals surface area contributed by atoms with Crippen LogP contribution in [0.15, 0.2) is 30.3 Å². The van der Waals surface area contributed by atoms with Gasteiger partial charge in [-0.05, 0) is 62.7 Å². The lowest BCUT2D eigenvalue weighted by Gasteiger charge is -2.17. The van der Waals surface area contributed by atoms with E-state index in [4.69, 9.17) is 17.0 Å². The van der Waals surface area contributed by atoms with Crippen LogP contribution in [0.4, 0.5) is 5.82 Å². The van der Waals surface area contributed by atoms with Crippen LogP contribution in [0.2, 0.25) is 0 Å². The lowest BCUT2D eigenvalue weighted by Crippen LogP contribution is -2.34. The summed E-state index contributed by atoms with van der Waals surface area (Å²) in [5.41, 5.74) is 3.31. The highest BCUT2D eigenvalue weighted by Crippen LogP contribution is 2.29. The minimum Gasteiger partial charge on any atom is -0.491 e. The molecule has 1 heterocycles. The van der Waals surface area contributed by atoms with Crippen molar-refractivity contribution in [2.24, 2.45) is 0 Å². The van der Waals surface area contributed by atoms with Crippen molar-refractivity contribution in [3.63, 3.8) is 0 Å². The Morgan fingerprint density at radius 1 is 1.15 bits per heavy atom. The van der Waals surface area contributed by atoms with Gasteiger partial charge in [-0.15, -0.1) is 0 Å². The van der Waals surface area contributed by atoms with Gasteiger partial charge in [0.2, 0.25) is 0 Å². The number of hydrogen-bond acceptors (Lipinski definition) is 4. The molecule has 5 nitrogen and oxygen atoms in total. The van der Waals surface area contributed by atoms with E-state index in [1.54, 1.807) is 24.3 Å². The number of aryl methyl sites for hydroxylation is 1. The zero-order valence-electron chi connectivity index (χ0n) is 15.7. The van der Waals surface area contributed by atoms with Crippen molar-refractivity contribution in [1.82, 2.24) is 10.3 Å². The predicted octanol–water partition coefficient (Wildman–Crippen LogP) is 4.31. The van der Waals surface area contributed by atoms with Crippen LogP contribution in [-0.4, -0.2) is 22.6 Å². The Morgan fingerprint density at radius 2 is 1.85 bits per heavy atom. The molecular formula is C20H25N3O2S. The summed E-state index contributed by atoms with van der Waals surface area (Å²) in [5.74, 6) is 1.19. The Kier molecular flexibility index (Phi) is 7.09. The first-order chi connectivity index (χ1) is 12.4. The number of benzene rings is 1. The molecule has 26 heavy (non-hydrogen) atoms. The maximum absolute atomic E-state index is 12.2. The van der Waals surface area contributed by atoms with Gasteiger partial charge in [0.15, 0.2) is 5.11 Å². The van der Waals surface area contributed by atoms with Gasteiger partial charge in [-0.1, -0.05) is 31.5 Å². The number of amides is 1. The van der Waals surface area contributed by atoms with Crippen molar-refractivity contribution in [2.45, 2.75) is 40.5 Å². The second kappa shape index (κ2) is 9.29. The van der Waals surface area contributed by atoms with Crippen molar-refractivity contribution < 1.29 is 9.53 Å². The third-order valence-electron chi connectivity index (χ3n) is 4.11. The van der Waals surface area contributed by atoms with E-state index in [0.29, 0.717) is 18.0 Å². The molecule has 0 atom stereocenters. The summed E-state index contributed by atoms with van der Waals surface area (Å²) in [6.45, 7) is 8.67. The Bertz CT molecular complexity index is 791. The molecular weight excluding hydrogens is 346 g/mol. The van der Waals surface area contributed by atoms with Crippen LogP contribution in [0.25, 0.3) is 0 Å². The topological polar surface area (TPSA) is 63.2 Å². The van der Waals surface area contributed by atoms with Crippen molar-refractivity contribution >= 4 is 29.1 Å². The van der Waals surface area contributed by atoms with Crippen LogP contribution in [0, 0.1) is 20.8 Å². The number of nitrogens with zero attached hydrogens (tertiary/aromatic N) is 1. The minimum atomic E-state index is -0.256. The Labute approximate surface area is 160 Å². The van der Waals surface area contributed by atoms with Crippen molar-refractivity contribution in [2.75, 3.05) is 11.9 Å². The molecule has 1 amide bonds. The predicted molar refractivity (Wildman–Crippen MR) is 109 cm³/mol. The number of pyridine rings is 1. The summed E-state index contributed by atoms with van der Waals surface area (Å²) >= 11 is 5.26. The fourth-order valence-corrected chi connectivity index (χ4v) is 2.67. The second-order valence-electron chi connectivity index (χ2n) is 6.10. The molecule has 1 aromatic heterocycles. The fraction of sp³-hybridized carbons (Fsp3) is 0.350. The largest absolute Gasteiger partial charge is 0.491 e. The minimum absolute atomic E-state index is 0.216. The smallest absolute Gasteiger partial charge is 0.257 e. The monoisotopic (exact) mass is 371 g/mol. The molecule has 0 fully saturated rings. The number of rotatable bonds is 6. The molecule has 2 aromatic rings. The standard InChI is InChI=1S/C20H25N3O2S/c1-5-6-12-25-17-13(2)14(3)18(21-15(17)4)22-20(26)23-19(24)16-10-8-7-9-11-16/h7-11H,5-6,12H2,1-4H3,(H2,21,22,23,24,26). The van der Waals surface area contributed by atoms with Gasteiger partial charge in [0.05, 0.1) is 12.3 Å². The lowest BCUT2D eigenvalue weighted by atomic mass is 10.1. The second-order valence-corrected chi connectivity index (χ2v) is 6.51. The summed E-state index contributed by atoms with van der Waals surface area (Å²) in [5, 5.41) is 5.91. The lowest BCUT2D eigenvalue weighted by molar-refractivity contribution is 0.0977. The van der Waals surface area contributed by atoms with E-state index < -0.39 is 0 Å². The molecule has 0 aliphatic heterocycles. The van der Waals surface area contributed by atoms with Crippen LogP contribution in [0.1, 0.15) is 46.9 Å². The van der Waals surface area contributed by atoms with E-state index in [1.165, 1.54) is 0 Å². The van der Waals surface area contributed by atoms with Crippen molar-refractivity contribution in [1.29, 1.82) is 0 Å². The summed E-state index contributed by atoms with van der Waals surface area (Å²) in [4.78, 5) is 16.7. The van der Waals surface area contributed by atoms with E-state index in [2.05, 4.69) is 22.5 Å². The summed E-state index contributed by atoms with van der Waals surface area (Å²) in [6.07, 6.45) is 2.09. The summed E-state index contributed by atoms with van der Waals surface area (Å²) in [7, 11) is 0. The highest BCUT2D eigenvalue weighted by molar-refractivity contribution is 7.80. The van der Waals surface area contributed by atoms with Crippen LogP contribution in [-0.2, 0) is 0 Å². The quantitative estimate of drug-likeness (QED) is 0.585. The van der Waals surface area contributed by atoms with Gasteiger partial charge in [-0.25, -0.2) is 4.98 Å². The number of hydrogen-bond donors (Lipinski definition) is 2. The van der Waals surface area contributed by atoms with E-state index in [9.17, 15) is 4.79 Å². The number of carbonyl (C=O) groups is 1. The molecule has 6 heteroatoms. The maximum atomic E-state index is 12.2. The van der Waals surface area contributed by atoms with Crippen LogP contribution < -0.4 is 15.4 Å². The molecule has 138 valence electrons. The number of thiocarbonyl (C=S) groups is 1. The molecule has 0 aliphatic carbocycles. The van der Waals surface area contributed by atoms with Gasteiger partial charge in [-0.3, -0.25) is 10.1 Å². The Morgan fingerprint density at radius 3 is 2.50 bits per heavy atom. The molecule has 0 spiro atoms. The molecule has 2 N–H and O–H groups in total. The first-order valence-corrected chi connectivity index (χ1v) is 9.12. The van der Waals surface area contributed by atoms with E-state index in [0.717, 1.165) is 35.4 Å². The van der Waals surface area contributed by atoms with Crippen LogP contribution in [0.3, 0.4) is 0 Å². The van der Waals surface area contributed by atoms with Gasteiger partial charge in [0.1, 0.15) is 11.6 Å². The third-order valence-corrected chi connectivity index (χ3v) is 4.31. The first kappa shape index (κ1) is 19.8. The molecule has 0 radical (unpaired) electrons. The SMILES string of the molecule is CCCCOc1c(C)nc(NC(=S)NC(=O)c2ccccc2)c(C)c1C. The first-order valence-electron chi connectivity index (χ1n) is 8.72. The highest BCUT2D eigenvalue weighted by Gasteiger charge is 2.15. The fourth-order valence-electron chi connectivity index (χ4n) is 2.48. The molecule has 0 saturated heterocycles. The van der Waals surface area contributed by atoms with Crippen LogP contribution in [0.5, 0.6) is 5.75 Å². The molecule has 0 aliphatic rings. The van der Waals surface area contributed by atoms with E-state index in [-0.39, 0.29) is 11.0 Å². The molecule has 0 saturated carbocycles. The molecule has 0 bridgehead atoms. The third kappa shape index (κ3) is 5.02. The maximum Gasteiger partial charge on any atom is 0.257 e. The van der Waals surface area contributed by atoms with Gasteiger partial charge < -0.3 is 10.1 Å². The van der Waals surface area contributed by atoms with E-state index >= 15 is 0 Å². The highest BCUT2D eigenvalue weighted by atomic mass is 32.1. The zero-order chi connectivity index (χ0) is 19.1. The van der Waals surface area contributed by atoms with Crippen molar-refractivity contribution in [3.05, 3.63) is 52.7 Å². The zero-order valence-corrected chi connectivity index (χ0v) is 16.5. The number of nitrogens with one attached hydrogen (secondary N) is 2. The number of aromatic nitrogens is 1. The van der Waals surface area contributed by atoms with Gasteiger partial charge in [0.25, 0.3) is 5.91 Å². The average molecular weight is 372 g/mol. The van der Waals surface area contributed by atoms with E-state index in [1.807, 2.05) is 26.8 Å². The normalized spacial score (nSPS) is 10.3. The van der Waals surface area contributed by atoms with Gasteiger partial charge >= 0.3 is 0 Å².